The minimum atomic E-state index is -3.53. The minimum absolute atomic E-state index is 0.00386. The summed E-state index contributed by atoms with van der Waals surface area (Å²) < 4.78 is 25.6. The van der Waals surface area contributed by atoms with Crippen molar-refractivity contribution in [3.63, 3.8) is 0 Å². The normalized spacial score (nSPS) is 18.9. The molecule has 5 nitrogen and oxygen atoms in total. The number of nitrogens with two attached hydrogens (primary N) is 1. The van der Waals surface area contributed by atoms with Gasteiger partial charge in [-0.3, -0.25) is 4.79 Å². The van der Waals surface area contributed by atoms with Gasteiger partial charge in [-0.1, -0.05) is 36.4 Å². The number of carbonyl (C=O) groups is 1. The molecule has 1 aliphatic rings. The number of sulfone groups is 1. The van der Waals surface area contributed by atoms with E-state index in [0.29, 0.717) is 12.1 Å². The molecule has 1 amide bonds. The van der Waals surface area contributed by atoms with Gasteiger partial charge in [0.05, 0.1) is 10.6 Å². The van der Waals surface area contributed by atoms with Crippen molar-refractivity contribution in [3.05, 3.63) is 65.7 Å². The molecule has 2 aromatic rings. The highest BCUT2D eigenvalue weighted by molar-refractivity contribution is 7.90. The molecule has 144 valence electrons. The van der Waals surface area contributed by atoms with Gasteiger partial charge in [-0.2, -0.15) is 0 Å². The van der Waals surface area contributed by atoms with Gasteiger partial charge >= 0.3 is 0 Å². The fourth-order valence-electron chi connectivity index (χ4n) is 3.62. The summed E-state index contributed by atoms with van der Waals surface area (Å²) in [6.45, 7) is 2.57. The highest BCUT2D eigenvalue weighted by Gasteiger charge is 2.30. The van der Waals surface area contributed by atoms with Gasteiger partial charge < -0.3 is 10.6 Å². The maximum atomic E-state index is 13.0. The number of rotatable bonds is 5. The Bertz CT molecular complexity index is 895. The Balaban J connectivity index is 1.85. The molecule has 27 heavy (non-hydrogen) atoms. The smallest absolute Gasteiger partial charge is 0.254 e. The Morgan fingerprint density at radius 1 is 1.15 bits per heavy atom. The summed E-state index contributed by atoms with van der Waals surface area (Å²) in [6.07, 6.45) is 2.89. The van der Waals surface area contributed by atoms with Gasteiger partial charge in [-0.25, -0.2) is 8.42 Å². The van der Waals surface area contributed by atoms with Gasteiger partial charge in [-0.15, -0.1) is 0 Å². The van der Waals surface area contributed by atoms with Crippen molar-refractivity contribution in [3.8, 4) is 0 Å². The van der Waals surface area contributed by atoms with Gasteiger partial charge in [0.1, 0.15) is 0 Å². The molecule has 6 heteroatoms. The van der Waals surface area contributed by atoms with E-state index < -0.39 is 9.84 Å². The first-order valence-electron chi connectivity index (χ1n) is 9.32. The SMILES string of the molecule is CC(N)C1CCCCN1C(=O)c1cccc(S(=O)(=O)Cc2ccccc2)c1. The average Bonchev–Trinajstić information content (AvgIpc) is 2.68. The van der Waals surface area contributed by atoms with E-state index in [0.717, 1.165) is 24.8 Å². The van der Waals surface area contributed by atoms with Crippen LogP contribution in [0.25, 0.3) is 0 Å². The Kier molecular flexibility index (Phi) is 5.97. The van der Waals surface area contributed by atoms with E-state index in [9.17, 15) is 13.2 Å². The first-order valence-corrected chi connectivity index (χ1v) is 11.0. The Hall–Kier alpha value is -2.18. The average molecular weight is 387 g/mol. The number of amides is 1. The summed E-state index contributed by atoms with van der Waals surface area (Å²) in [7, 11) is -3.53. The van der Waals surface area contributed by atoms with Crippen molar-refractivity contribution in [2.75, 3.05) is 6.54 Å². The summed E-state index contributed by atoms with van der Waals surface area (Å²) in [5, 5.41) is 0. The topological polar surface area (TPSA) is 80.5 Å². The van der Waals surface area contributed by atoms with Crippen LogP contribution in [0.15, 0.2) is 59.5 Å². The molecule has 0 aliphatic carbocycles. The molecule has 0 spiro atoms. The van der Waals surface area contributed by atoms with Crippen LogP contribution < -0.4 is 5.73 Å². The summed E-state index contributed by atoms with van der Waals surface area (Å²) in [5.41, 5.74) is 7.19. The van der Waals surface area contributed by atoms with Crippen LogP contribution >= 0.6 is 0 Å². The highest BCUT2D eigenvalue weighted by Crippen LogP contribution is 2.23. The molecule has 0 bridgehead atoms. The van der Waals surface area contributed by atoms with Gasteiger partial charge in [0, 0.05) is 24.2 Å². The standard InChI is InChI=1S/C21H26N2O3S/c1-16(22)20-12-5-6-13-23(20)21(24)18-10-7-11-19(14-18)27(25,26)15-17-8-3-2-4-9-17/h2-4,7-11,14,16,20H,5-6,12-13,15,22H2,1H3. The second kappa shape index (κ2) is 8.23. The van der Waals surface area contributed by atoms with Crippen molar-refractivity contribution in [2.24, 2.45) is 5.73 Å². The van der Waals surface area contributed by atoms with Gasteiger partial charge in [0.2, 0.25) is 0 Å². The van der Waals surface area contributed by atoms with Crippen molar-refractivity contribution in [2.45, 2.75) is 48.9 Å². The third-order valence-electron chi connectivity index (χ3n) is 5.06. The van der Waals surface area contributed by atoms with Crippen LogP contribution in [0.4, 0.5) is 0 Å². The quantitative estimate of drug-likeness (QED) is 0.857. The summed E-state index contributed by atoms with van der Waals surface area (Å²) in [4.78, 5) is 15.0. The third kappa shape index (κ3) is 4.57. The van der Waals surface area contributed by atoms with E-state index in [1.54, 1.807) is 35.2 Å². The van der Waals surface area contributed by atoms with Gasteiger partial charge in [0.15, 0.2) is 9.84 Å². The second-order valence-electron chi connectivity index (χ2n) is 7.19. The molecule has 2 N–H and O–H groups in total. The lowest BCUT2D eigenvalue weighted by Gasteiger charge is -2.38. The van der Waals surface area contributed by atoms with Crippen molar-refractivity contribution in [1.29, 1.82) is 0 Å². The number of carbonyl (C=O) groups excluding carboxylic acids is 1. The number of piperidine rings is 1. The van der Waals surface area contributed by atoms with E-state index in [1.807, 2.05) is 25.1 Å². The molecule has 2 unspecified atom stereocenters. The third-order valence-corrected chi connectivity index (χ3v) is 6.74. The van der Waals surface area contributed by atoms with Crippen molar-refractivity contribution >= 4 is 15.7 Å². The van der Waals surface area contributed by atoms with E-state index in [-0.39, 0.29) is 28.6 Å². The van der Waals surface area contributed by atoms with Crippen molar-refractivity contribution in [1.82, 2.24) is 4.90 Å². The van der Waals surface area contributed by atoms with Gasteiger partial charge in [0.25, 0.3) is 5.91 Å². The lowest BCUT2D eigenvalue weighted by Crippen LogP contribution is -2.51. The number of hydrogen-bond donors (Lipinski definition) is 1. The lowest BCUT2D eigenvalue weighted by atomic mass is 9.96. The first kappa shape index (κ1) is 19.6. The first-order chi connectivity index (χ1) is 12.9. The highest BCUT2D eigenvalue weighted by atomic mass is 32.2. The number of likely N-dealkylation sites (tertiary alicyclic amines) is 1. The fraction of sp³-hybridized carbons (Fsp3) is 0.381. The Morgan fingerprint density at radius 2 is 1.89 bits per heavy atom. The molecule has 0 radical (unpaired) electrons. The zero-order valence-corrected chi connectivity index (χ0v) is 16.4. The number of hydrogen-bond acceptors (Lipinski definition) is 4. The molecule has 1 fully saturated rings. The molecule has 2 aromatic carbocycles. The molecular weight excluding hydrogens is 360 g/mol. The molecule has 3 rings (SSSR count). The van der Waals surface area contributed by atoms with Crippen LogP contribution in [0.5, 0.6) is 0 Å². The van der Waals surface area contributed by atoms with Crippen molar-refractivity contribution < 1.29 is 13.2 Å². The lowest BCUT2D eigenvalue weighted by molar-refractivity contribution is 0.0583. The molecule has 1 heterocycles. The Morgan fingerprint density at radius 3 is 2.59 bits per heavy atom. The molecule has 2 atom stereocenters. The zero-order chi connectivity index (χ0) is 19.4. The fourth-order valence-corrected chi connectivity index (χ4v) is 5.01. The summed E-state index contributed by atoms with van der Waals surface area (Å²) >= 11 is 0. The maximum absolute atomic E-state index is 13.0. The molecule has 1 aliphatic heterocycles. The predicted molar refractivity (Wildman–Crippen MR) is 106 cm³/mol. The number of nitrogens with zero attached hydrogens (tertiary/aromatic N) is 1. The largest absolute Gasteiger partial charge is 0.334 e. The molecule has 1 saturated heterocycles. The predicted octanol–water partition coefficient (Wildman–Crippen LogP) is 3.00. The monoisotopic (exact) mass is 386 g/mol. The van der Waals surface area contributed by atoms with Crippen LogP contribution in [0.3, 0.4) is 0 Å². The zero-order valence-electron chi connectivity index (χ0n) is 15.5. The van der Waals surface area contributed by atoms with E-state index in [4.69, 9.17) is 5.73 Å². The Labute approximate surface area is 161 Å². The maximum Gasteiger partial charge on any atom is 0.254 e. The summed E-state index contributed by atoms with van der Waals surface area (Å²) in [5.74, 6) is -0.230. The van der Waals surface area contributed by atoms with Crippen LogP contribution in [0, 0.1) is 0 Å². The van der Waals surface area contributed by atoms with Crippen LogP contribution in [-0.2, 0) is 15.6 Å². The second-order valence-corrected chi connectivity index (χ2v) is 9.18. The van der Waals surface area contributed by atoms with Crippen LogP contribution in [-0.4, -0.2) is 37.9 Å². The van der Waals surface area contributed by atoms with Crippen LogP contribution in [0.2, 0.25) is 0 Å². The molecular formula is C21H26N2O3S. The number of benzene rings is 2. The summed E-state index contributed by atoms with van der Waals surface area (Å²) in [6, 6.07) is 15.3. The molecule has 0 saturated carbocycles. The van der Waals surface area contributed by atoms with E-state index in [1.165, 1.54) is 6.07 Å². The van der Waals surface area contributed by atoms with E-state index >= 15 is 0 Å². The van der Waals surface area contributed by atoms with Crippen LogP contribution in [0.1, 0.15) is 42.1 Å². The van der Waals surface area contributed by atoms with E-state index in [2.05, 4.69) is 0 Å². The van der Waals surface area contributed by atoms with Gasteiger partial charge in [-0.05, 0) is 49.9 Å². The molecule has 0 aromatic heterocycles. The minimum Gasteiger partial charge on any atom is -0.334 e.